The highest BCUT2D eigenvalue weighted by Crippen LogP contribution is 2.35. The number of hydrogen-bond donors (Lipinski definition) is 0. The van der Waals surface area contributed by atoms with Crippen molar-refractivity contribution < 1.29 is 23.5 Å². The molecule has 0 aliphatic carbocycles. The summed E-state index contributed by atoms with van der Waals surface area (Å²) >= 11 is 0. The van der Waals surface area contributed by atoms with E-state index in [4.69, 9.17) is 9.47 Å². The van der Waals surface area contributed by atoms with Gasteiger partial charge in [0.25, 0.3) is 0 Å². The van der Waals surface area contributed by atoms with Crippen molar-refractivity contribution in [2.24, 2.45) is 0 Å². The van der Waals surface area contributed by atoms with Crippen molar-refractivity contribution in [1.82, 2.24) is 4.98 Å². The van der Waals surface area contributed by atoms with E-state index in [1.54, 1.807) is 36.7 Å². The van der Waals surface area contributed by atoms with Crippen LogP contribution in [0.15, 0.2) is 72.8 Å². The number of benzene rings is 2. The van der Waals surface area contributed by atoms with Crippen molar-refractivity contribution in [3.63, 3.8) is 0 Å². The Kier molecular flexibility index (Phi) is 4.22. The minimum Gasteiger partial charge on any atom is -0.452 e. The minimum atomic E-state index is -0.829. The topological polar surface area (TPSA) is 65.5 Å². The SMILES string of the molecule is O=C(Oc1ccc2c(c1)OC(=Cc1ccncc1)C2=O)c1ccccc1F. The van der Waals surface area contributed by atoms with Gasteiger partial charge in [-0.1, -0.05) is 12.1 Å². The van der Waals surface area contributed by atoms with Gasteiger partial charge in [-0.15, -0.1) is 0 Å². The molecule has 0 fully saturated rings. The van der Waals surface area contributed by atoms with E-state index >= 15 is 0 Å². The molecule has 27 heavy (non-hydrogen) atoms. The van der Waals surface area contributed by atoms with Crippen LogP contribution in [0, 0.1) is 5.82 Å². The number of Topliss-reactive ketones (excluding diaryl/α,β-unsaturated/α-hetero) is 1. The normalized spacial score (nSPS) is 14.0. The zero-order chi connectivity index (χ0) is 18.8. The molecule has 0 radical (unpaired) electrons. The molecule has 0 bridgehead atoms. The molecule has 132 valence electrons. The lowest BCUT2D eigenvalue weighted by Crippen LogP contribution is -2.10. The number of rotatable bonds is 3. The third-order valence-corrected chi connectivity index (χ3v) is 3.95. The molecule has 2 heterocycles. The monoisotopic (exact) mass is 361 g/mol. The zero-order valence-electron chi connectivity index (χ0n) is 13.9. The van der Waals surface area contributed by atoms with Crippen molar-refractivity contribution in [2.45, 2.75) is 0 Å². The second kappa shape index (κ2) is 6.84. The number of carbonyl (C=O) groups excluding carboxylic acids is 2. The average molecular weight is 361 g/mol. The lowest BCUT2D eigenvalue weighted by molar-refractivity contribution is 0.0729. The Morgan fingerprint density at radius 1 is 1.07 bits per heavy atom. The number of pyridine rings is 1. The maximum atomic E-state index is 13.7. The summed E-state index contributed by atoms with van der Waals surface area (Å²) in [5.74, 6) is -1.18. The first-order valence-corrected chi connectivity index (χ1v) is 8.07. The number of hydrogen-bond acceptors (Lipinski definition) is 5. The number of ether oxygens (including phenoxy) is 2. The molecule has 2 aromatic carbocycles. The Bertz CT molecular complexity index is 1080. The van der Waals surface area contributed by atoms with E-state index in [1.165, 1.54) is 36.4 Å². The summed E-state index contributed by atoms with van der Waals surface area (Å²) in [6.45, 7) is 0. The molecule has 0 atom stereocenters. The van der Waals surface area contributed by atoms with Gasteiger partial charge in [0.15, 0.2) is 5.76 Å². The summed E-state index contributed by atoms with van der Waals surface area (Å²) in [7, 11) is 0. The molecular weight excluding hydrogens is 349 g/mol. The van der Waals surface area contributed by atoms with Crippen molar-refractivity contribution in [3.8, 4) is 11.5 Å². The summed E-state index contributed by atoms with van der Waals surface area (Å²) < 4.78 is 24.5. The van der Waals surface area contributed by atoms with Crippen molar-refractivity contribution in [1.29, 1.82) is 0 Å². The number of allylic oxidation sites excluding steroid dienone is 1. The standard InChI is InChI=1S/C21H12FNO4/c22-17-4-2-1-3-15(17)21(25)26-14-5-6-16-18(12-14)27-19(20(16)24)11-13-7-9-23-10-8-13/h1-12H. The molecule has 1 aliphatic rings. The molecule has 0 saturated heterocycles. The maximum Gasteiger partial charge on any atom is 0.346 e. The van der Waals surface area contributed by atoms with Crippen LogP contribution in [-0.4, -0.2) is 16.7 Å². The average Bonchev–Trinajstić information content (AvgIpc) is 2.98. The first-order chi connectivity index (χ1) is 13.1. The fourth-order valence-electron chi connectivity index (χ4n) is 2.63. The number of halogens is 1. The number of aromatic nitrogens is 1. The van der Waals surface area contributed by atoms with Gasteiger partial charge in [-0.25, -0.2) is 9.18 Å². The van der Waals surface area contributed by atoms with Gasteiger partial charge in [-0.2, -0.15) is 0 Å². The van der Waals surface area contributed by atoms with E-state index < -0.39 is 11.8 Å². The fraction of sp³-hybridized carbons (Fsp3) is 0. The zero-order valence-corrected chi connectivity index (χ0v) is 13.9. The number of fused-ring (bicyclic) bond motifs is 1. The predicted octanol–water partition coefficient (Wildman–Crippen LogP) is 4.06. The molecule has 6 heteroatoms. The lowest BCUT2D eigenvalue weighted by atomic mass is 10.1. The van der Waals surface area contributed by atoms with Gasteiger partial charge in [-0.05, 0) is 48.0 Å². The lowest BCUT2D eigenvalue weighted by Gasteiger charge is -2.06. The summed E-state index contributed by atoms with van der Waals surface area (Å²) in [6.07, 6.45) is 4.83. The Balaban J connectivity index is 1.57. The van der Waals surface area contributed by atoms with Gasteiger partial charge in [0, 0.05) is 18.5 Å². The first-order valence-electron chi connectivity index (χ1n) is 8.07. The minimum absolute atomic E-state index is 0.153. The molecule has 0 spiro atoms. The van der Waals surface area contributed by atoms with Gasteiger partial charge in [0.1, 0.15) is 17.3 Å². The van der Waals surface area contributed by atoms with Crippen LogP contribution in [0.1, 0.15) is 26.3 Å². The van der Waals surface area contributed by atoms with E-state index in [9.17, 15) is 14.0 Å². The molecule has 4 rings (SSSR count). The highest BCUT2D eigenvalue weighted by atomic mass is 19.1. The summed E-state index contributed by atoms with van der Waals surface area (Å²) in [5.41, 5.74) is 0.960. The molecule has 0 amide bonds. The Morgan fingerprint density at radius 2 is 1.85 bits per heavy atom. The van der Waals surface area contributed by atoms with E-state index in [0.717, 1.165) is 5.56 Å². The Morgan fingerprint density at radius 3 is 2.63 bits per heavy atom. The highest BCUT2D eigenvalue weighted by molar-refractivity contribution is 6.14. The molecule has 1 aromatic heterocycles. The van der Waals surface area contributed by atoms with Gasteiger partial charge >= 0.3 is 5.97 Å². The van der Waals surface area contributed by atoms with Gasteiger partial charge in [-0.3, -0.25) is 9.78 Å². The second-order valence-corrected chi connectivity index (χ2v) is 5.75. The van der Waals surface area contributed by atoms with Crippen LogP contribution >= 0.6 is 0 Å². The van der Waals surface area contributed by atoms with Crippen LogP contribution in [0.2, 0.25) is 0 Å². The quantitative estimate of drug-likeness (QED) is 0.400. The molecule has 5 nitrogen and oxygen atoms in total. The van der Waals surface area contributed by atoms with Gasteiger partial charge in [0.2, 0.25) is 5.78 Å². The van der Waals surface area contributed by atoms with Crippen LogP contribution in [0.25, 0.3) is 6.08 Å². The number of nitrogens with zero attached hydrogens (tertiary/aromatic N) is 1. The van der Waals surface area contributed by atoms with Crippen LogP contribution in [0.3, 0.4) is 0 Å². The number of carbonyl (C=O) groups is 2. The van der Waals surface area contributed by atoms with Crippen molar-refractivity contribution in [3.05, 3.63) is 95.3 Å². The molecule has 0 N–H and O–H groups in total. The van der Waals surface area contributed by atoms with E-state index in [1.807, 2.05) is 0 Å². The van der Waals surface area contributed by atoms with Crippen LogP contribution in [0.5, 0.6) is 11.5 Å². The molecule has 3 aromatic rings. The van der Waals surface area contributed by atoms with E-state index in [0.29, 0.717) is 5.56 Å². The second-order valence-electron chi connectivity index (χ2n) is 5.75. The molecule has 1 aliphatic heterocycles. The predicted molar refractivity (Wildman–Crippen MR) is 95.0 cm³/mol. The Hall–Kier alpha value is -3.80. The van der Waals surface area contributed by atoms with Crippen molar-refractivity contribution in [2.75, 3.05) is 0 Å². The third kappa shape index (κ3) is 3.32. The van der Waals surface area contributed by atoms with Crippen LogP contribution in [-0.2, 0) is 0 Å². The smallest absolute Gasteiger partial charge is 0.346 e. The third-order valence-electron chi connectivity index (χ3n) is 3.95. The fourth-order valence-corrected chi connectivity index (χ4v) is 2.63. The van der Waals surface area contributed by atoms with Gasteiger partial charge in [0.05, 0.1) is 11.1 Å². The van der Waals surface area contributed by atoms with E-state index in [-0.39, 0.29) is 28.6 Å². The summed E-state index contributed by atoms with van der Waals surface area (Å²) in [4.78, 5) is 28.5. The molecular formula is C21H12FNO4. The van der Waals surface area contributed by atoms with Gasteiger partial charge < -0.3 is 9.47 Å². The molecule has 0 saturated carbocycles. The Labute approximate surface area is 153 Å². The number of esters is 1. The summed E-state index contributed by atoms with van der Waals surface area (Å²) in [5, 5.41) is 0. The highest BCUT2D eigenvalue weighted by Gasteiger charge is 2.28. The van der Waals surface area contributed by atoms with E-state index in [2.05, 4.69) is 4.98 Å². The number of ketones is 1. The van der Waals surface area contributed by atoms with Crippen LogP contribution < -0.4 is 9.47 Å². The summed E-state index contributed by atoms with van der Waals surface area (Å²) in [6, 6.07) is 13.4. The largest absolute Gasteiger partial charge is 0.452 e. The van der Waals surface area contributed by atoms with Crippen molar-refractivity contribution >= 4 is 17.8 Å². The first kappa shape index (κ1) is 16.7. The maximum absolute atomic E-state index is 13.7. The molecule has 0 unspecified atom stereocenters. The van der Waals surface area contributed by atoms with Crippen LogP contribution in [0.4, 0.5) is 4.39 Å².